The number of ether oxygens (including phenoxy) is 1. The molecule has 0 radical (unpaired) electrons. The van der Waals surface area contributed by atoms with Crippen LogP contribution >= 0.6 is 0 Å². The molecular weight excluding hydrogens is 218 g/mol. The molecule has 0 saturated carbocycles. The lowest BCUT2D eigenvalue weighted by molar-refractivity contribution is -0.0695. The molecule has 1 aliphatic rings. The Morgan fingerprint density at radius 1 is 1.71 bits per heavy atom. The van der Waals surface area contributed by atoms with E-state index < -0.39 is 0 Å². The number of nitrogens with two attached hydrogens (primary N) is 1. The van der Waals surface area contributed by atoms with Crippen LogP contribution in [0.1, 0.15) is 44.5 Å². The van der Waals surface area contributed by atoms with Gasteiger partial charge in [-0.1, -0.05) is 0 Å². The lowest BCUT2D eigenvalue weighted by Gasteiger charge is -2.37. The highest BCUT2D eigenvalue weighted by molar-refractivity contribution is 5.07. The fourth-order valence-electron chi connectivity index (χ4n) is 2.44. The molecule has 1 aromatic heterocycles. The van der Waals surface area contributed by atoms with E-state index in [0.717, 1.165) is 25.1 Å². The van der Waals surface area contributed by atoms with Crippen molar-refractivity contribution < 1.29 is 9.84 Å². The van der Waals surface area contributed by atoms with Gasteiger partial charge in [0.2, 0.25) is 0 Å². The molecule has 5 nitrogen and oxygen atoms in total. The average molecular weight is 239 g/mol. The summed E-state index contributed by atoms with van der Waals surface area (Å²) in [4.78, 5) is 4.15. The standard InChI is InChI=1S/C12H21N3O2/c1-12(2)5-9(3-4-17-12)15-8-14-6-11(15)10(13)7-16/h6,8-10,16H,3-5,7,13H2,1-2H3. The van der Waals surface area contributed by atoms with E-state index in [9.17, 15) is 0 Å². The van der Waals surface area contributed by atoms with E-state index in [0.29, 0.717) is 6.04 Å². The zero-order valence-electron chi connectivity index (χ0n) is 10.5. The van der Waals surface area contributed by atoms with Gasteiger partial charge in [-0.2, -0.15) is 0 Å². The summed E-state index contributed by atoms with van der Waals surface area (Å²) in [6.07, 6.45) is 5.44. The first-order valence-electron chi connectivity index (χ1n) is 6.05. The van der Waals surface area contributed by atoms with Crippen LogP contribution in [0, 0.1) is 0 Å². The molecule has 0 aromatic carbocycles. The first-order chi connectivity index (χ1) is 8.03. The summed E-state index contributed by atoms with van der Waals surface area (Å²) in [6.45, 7) is 4.89. The molecule has 2 heterocycles. The Morgan fingerprint density at radius 2 is 2.47 bits per heavy atom. The SMILES string of the molecule is CC1(C)CC(n2cncc2C(N)CO)CCO1. The van der Waals surface area contributed by atoms with Crippen molar-refractivity contribution in [1.82, 2.24) is 9.55 Å². The number of aliphatic hydroxyl groups is 1. The van der Waals surface area contributed by atoms with Gasteiger partial charge in [-0.15, -0.1) is 0 Å². The van der Waals surface area contributed by atoms with E-state index in [-0.39, 0.29) is 18.2 Å². The van der Waals surface area contributed by atoms with Crippen LogP contribution in [0.25, 0.3) is 0 Å². The third kappa shape index (κ3) is 2.68. The monoisotopic (exact) mass is 239 g/mol. The third-order valence-electron chi connectivity index (χ3n) is 3.34. The summed E-state index contributed by atoms with van der Waals surface area (Å²) in [5.41, 5.74) is 6.67. The van der Waals surface area contributed by atoms with Crippen molar-refractivity contribution >= 4 is 0 Å². The normalized spacial score (nSPS) is 25.8. The molecule has 1 aromatic rings. The molecule has 0 aliphatic carbocycles. The Bertz CT molecular complexity index is 376. The number of rotatable bonds is 3. The highest BCUT2D eigenvalue weighted by atomic mass is 16.5. The summed E-state index contributed by atoms with van der Waals surface area (Å²) >= 11 is 0. The maximum atomic E-state index is 9.14. The van der Waals surface area contributed by atoms with Crippen LogP contribution in [-0.4, -0.2) is 33.5 Å². The second kappa shape index (κ2) is 4.76. The molecule has 1 saturated heterocycles. The van der Waals surface area contributed by atoms with Gasteiger partial charge in [0.1, 0.15) is 0 Å². The summed E-state index contributed by atoms with van der Waals surface area (Å²) in [5.74, 6) is 0. The van der Waals surface area contributed by atoms with E-state index >= 15 is 0 Å². The maximum absolute atomic E-state index is 9.14. The van der Waals surface area contributed by atoms with E-state index in [4.69, 9.17) is 15.6 Å². The topological polar surface area (TPSA) is 73.3 Å². The molecule has 0 amide bonds. The Balaban J connectivity index is 2.19. The van der Waals surface area contributed by atoms with Crippen molar-refractivity contribution in [3.63, 3.8) is 0 Å². The van der Waals surface area contributed by atoms with Crippen LogP contribution in [0.15, 0.2) is 12.5 Å². The van der Waals surface area contributed by atoms with Crippen LogP contribution in [0.3, 0.4) is 0 Å². The van der Waals surface area contributed by atoms with E-state index in [1.54, 1.807) is 12.5 Å². The van der Waals surface area contributed by atoms with Gasteiger partial charge >= 0.3 is 0 Å². The fourth-order valence-corrected chi connectivity index (χ4v) is 2.44. The number of nitrogens with zero attached hydrogens (tertiary/aromatic N) is 2. The summed E-state index contributed by atoms with van der Waals surface area (Å²) < 4.78 is 7.79. The van der Waals surface area contributed by atoms with Crippen LogP contribution in [0.4, 0.5) is 0 Å². The van der Waals surface area contributed by atoms with Gasteiger partial charge in [0, 0.05) is 18.8 Å². The van der Waals surface area contributed by atoms with Gasteiger partial charge in [-0.25, -0.2) is 4.98 Å². The van der Waals surface area contributed by atoms with Crippen molar-refractivity contribution in [3.05, 3.63) is 18.2 Å². The van der Waals surface area contributed by atoms with Crippen LogP contribution in [0.2, 0.25) is 0 Å². The molecule has 0 bridgehead atoms. The van der Waals surface area contributed by atoms with Crippen molar-refractivity contribution in [2.45, 2.75) is 44.4 Å². The Hall–Kier alpha value is -0.910. The smallest absolute Gasteiger partial charge is 0.0951 e. The molecule has 1 aliphatic heterocycles. The molecule has 0 spiro atoms. The summed E-state index contributed by atoms with van der Waals surface area (Å²) in [6, 6.07) is -0.00249. The number of hydrogen-bond donors (Lipinski definition) is 2. The van der Waals surface area contributed by atoms with Crippen molar-refractivity contribution in [1.29, 1.82) is 0 Å². The van der Waals surface area contributed by atoms with Crippen LogP contribution in [-0.2, 0) is 4.74 Å². The lowest BCUT2D eigenvalue weighted by Crippen LogP contribution is -2.36. The maximum Gasteiger partial charge on any atom is 0.0951 e. The molecule has 96 valence electrons. The second-order valence-corrected chi connectivity index (χ2v) is 5.27. The van der Waals surface area contributed by atoms with Crippen molar-refractivity contribution in [3.8, 4) is 0 Å². The van der Waals surface area contributed by atoms with Gasteiger partial charge in [-0.05, 0) is 26.7 Å². The molecular formula is C12H21N3O2. The predicted octanol–water partition coefficient (Wildman–Crippen LogP) is 1.01. The number of hydrogen-bond acceptors (Lipinski definition) is 4. The summed E-state index contributed by atoms with van der Waals surface area (Å²) in [5, 5.41) is 9.14. The Morgan fingerprint density at radius 3 is 3.12 bits per heavy atom. The minimum atomic E-state index is -0.358. The van der Waals surface area contributed by atoms with Crippen molar-refractivity contribution in [2.24, 2.45) is 5.73 Å². The highest BCUT2D eigenvalue weighted by Crippen LogP contribution is 2.33. The largest absolute Gasteiger partial charge is 0.394 e. The molecule has 2 rings (SSSR count). The number of imidazole rings is 1. The minimum absolute atomic E-state index is 0.0572. The van der Waals surface area contributed by atoms with Gasteiger partial charge in [0.15, 0.2) is 0 Å². The first kappa shape index (κ1) is 12.5. The molecule has 2 atom stereocenters. The Labute approximate surface area is 102 Å². The molecule has 3 N–H and O–H groups in total. The van der Waals surface area contributed by atoms with Crippen LogP contribution < -0.4 is 5.73 Å². The Kier molecular flexibility index (Phi) is 3.51. The molecule has 17 heavy (non-hydrogen) atoms. The van der Waals surface area contributed by atoms with Gasteiger partial charge in [0.25, 0.3) is 0 Å². The zero-order chi connectivity index (χ0) is 12.5. The van der Waals surface area contributed by atoms with Gasteiger partial charge < -0.3 is 20.1 Å². The van der Waals surface area contributed by atoms with E-state index in [1.807, 2.05) is 0 Å². The number of aromatic nitrogens is 2. The highest BCUT2D eigenvalue weighted by Gasteiger charge is 2.31. The van der Waals surface area contributed by atoms with Crippen LogP contribution in [0.5, 0.6) is 0 Å². The third-order valence-corrected chi connectivity index (χ3v) is 3.34. The van der Waals surface area contributed by atoms with E-state index in [2.05, 4.69) is 23.4 Å². The van der Waals surface area contributed by atoms with Gasteiger partial charge in [-0.3, -0.25) is 0 Å². The van der Waals surface area contributed by atoms with E-state index in [1.165, 1.54) is 0 Å². The zero-order valence-corrected chi connectivity index (χ0v) is 10.5. The fraction of sp³-hybridized carbons (Fsp3) is 0.750. The quantitative estimate of drug-likeness (QED) is 0.825. The summed E-state index contributed by atoms with van der Waals surface area (Å²) in [7, 11) is 0. The lowest BCUT2D eigenvalue weighted by atomic mass is 9.93. The predicted molar refractivity (Wildman–Crippen MR) is 64.5 cm³/mol. The minimum Gasteiger partial charge on any atom is -0.394 e. The second-order valence-electron chi connectivity index (χ2n) is 5.27. The molecule has 1 fully saturated rings. The molecule has 5 heteroatoms. The average Bonchev–Trinajstić information content (AvgIpc) is 2.75. The van der Waals surface area contributed by atoms with Gasteiger partial charge in [0.05, 0.1) is 30.3 Å². The number of aliphatic hydroxyl groups excluding tert-OH is 1. The molecule has 2 unspecified atom stereocenters. The first-order valence-corrected chi connectivity index (χ1v) is 6.05. The van der Waals surface area contributed by atoms with Crippen molar-refractivity contribution in [2.75, 3.05) is 13.2 Å².